The first-order chi connectivity index (χ1) is 14.9. The van der Waals surface area contributed by atoms with E-state index in [-0.39, 0.29) is 29.2 Å². The van der Waals surface area contributed by atoms with Gasteiger partial charge in [-0.05, 0) is 24.1 Å². The third-order valence-electron chi connectivity index (χ3n) is 4.82. The number of hydrogen-bond donors (Lipinski definition) is 2. The van der Waals surface area contributed by atoms with E-state index in [4.69, 9.17) is 5.73 Å². The normalized spacial score (nSPS) is 14.0. The zero-order valence-corrected chi connectivity index (χ0v) is 17.2. The van der Waals surface area contributed by atoms with Gasteiger partial charge < -0.3 is 10.6 Å². The fourth-order valence-corrected chi connectivity index (χ4v) is 4.14. The molecule has 3 N–H and O–H groups in total. The molecule has 1 fully saturated rings. The number of fused-ring (bicyclic) bond motifs is 1. The molecule has 4 rings (SSSR count). The fourth-order valence-electron chi connectivity index (χ4n) is 3.20. The van der Waals surface area contributed by atoms with Crippen LogP contribution in [0.2, 0.25) is 0 Å². The van der Waals surface area contributed by atoms with Crippen LogP contribution in [0.3, 0.4) is 0 Å². The van der Waals surface area contributed by atoms with Crippen molar-refractivity contribution in [3.8, 4) is 11.8 Å². The topological polar surface area (TPSA) is 136 Å². The molecule has 0 aliphatic carbocycles. The number of rotatable bonds is 5. The maximum Gasteiger partial charge on any atom is 0.246 e. The third kappa shape index (κ3) is 3.98. The van der Waals surface area contributed by atoms with E-state index in [1.165, 1.54) is 24.5 Å². The van der Waals surface area contributed by atoms with Crippen LogP contribution in [0.5, 0.6) is 0 Å². The molecule has 1 amide bonds. The number of amides is 1. The van der Waals surface area contributed by atoms with Gasteiger partial charge in [0.2, 0.25) is 15.9 Å². The van der Waals surface area contributed by atoms with Gasteiger partial charge in [0.15, 0.2) is 5.65 Å². The summed E-state index contributed by atoms with van der Waals surface area (Å²) in [7, 11) is -3.66. The molecule has 10 nitrogen and oxygen atoms in total. The SMILES string of the molecule is C=CC(=O)N1CC(n2nc(C#CCNS(=O)(=O)c3ccccc3)c3c(N)ncnc32)C1. The summed E-state index contributed by atoms with van der Waals surface area (Å²) in [5.74, 6) is 5.70. The Balaban J connectivity index is 1.55. The quantitative estimate of drug-likeness (QED) is 0.433. The molecule has 0 unspecified atom stereocenters. The molecule has 1 saturated heterocycles. The van der Waals surface area contributed by atoms with Crippen LogP contribution >= 0.6 is 0 Å². The van der Waals surface area contributed by atoms with Gasteiger partial charge in [0, 0.05) is 13.1 Å². The Hall–Kier alpha value is -3.75. The molecule has 0 bridgehead atoms. The van der Waals surface area contributed by atoms with Gasteiger partial charge in [0.1, 0.15) is 17.8 Å². The Morgan fingerprint density at radius 1 is 1.29 bits per heavy atom. The van der Waals surface area contributed by atoms with Crippen molar-refractivity contribution in [2.45, 2.75) is 10.9 Å². The highest BCUT2D eigenvalue weighted by Crippen LogP contribution is 2.28. The second-order valence-corrected chi connectivity index (χ2v) is 8.56. The maximum absolute atomic E-state index is 12.3. The highest BCUT2D eigenvalue weighted by Gasteiger charge is 2.33. The average molecular weight is 437 g/mol. The lowest BCUT2D eigenvalue weighted by Crippen LogP contribution is -2.50. The number of anilines is 1. The summed E-state index contributed by atoms with van der Waals surface area (Å²) in [6.07, 6.45) is 2.61. The Bertz CT molecular complexity index is 1320. The molecule has 11 heteroatoms. The lowest BCUT2D eigenvalue weighted by Gasteiger charge is -2.38. The van der Waals surface area contributed by atoms with Gasteiger partial charge in [-0.15, -0.1) is 0 Å². The monoisotopic (exact) mass is 437 g/mol. The fraction of sp³-hybridized carbons (Fsp3) is 0.200. The molecule has 1 aromatic carbocycles. The van der Waals surface area contributed by atoms with Crippen LogP contribution in [0.15, 0.2) is 54.2 Å². The van der Waals surface area contributed by atoms with Crippen LogP contribution in [-0.2, 0) is 14.8 Å². The predicted molar refractivity (Wildman–Crippen MR) is 114 cm³/mol. The molecule has 3 heterocycles. The van der Waals surface area contributed by atoms with E-state index in [1.54, 1.807) is 27.8 Å². The van der Waals surface area contributed by atoms with Crippen molar-refractivity contribution in [2.24, 2.45) is 0 Å². The Morgan fingerprint density at radius 2 is 2.03 bits per heavy atom. The van der Waals surface area contributed by atoms with Gasteiger partial charge >= 0.3 is 0 Å². The maximum atomic E-state index is 12.3. The van der Waals surface area contributed by atoms with Gasteiger partial charge in [-0.1, -0.05) is 30.7 Å². The Morgan fingerprint density at radius 3 is 2.74 bits per heavy atom. The summed E-state index contributed by atoms with van der Waals surface area (Å²) in [5, 5.41) is 5.00. The van der Waals surface area contributed by atoms with Gasteiger partial charge in [0.25, 0.3) is 0 Å². The Kier molecular flexibility index (Phi) is 5.41. The highest BCUT2D eigenvalue weighted by molar-refractivity contribution is 7.89. The first-order valence-electron chi connectivity index (χ1n) is 9.34. The summed E-state index contributed by atoms with van der Waals surface area (Å²) in [4.78, 5) is 21.8. The molecule has 1 aliphatic heterocycles. The second-order valence-electron chi connectivity index (χ2n) is 6.79. The minimum atomic E-state index is -3.66. The van der Waals surface area contributed by atoms with Crippen LogP contribution in [0.25, 0.3) is 11.0 Å². The smallest absolute Gasteiger partial charge is 0.246 e. The van der Waals surface area contributed by atoms with E-state index in [0.717, 1.165) is 0 Å². The third-order valence-corrected chi connectivity index (χ3v) is 6.24. The standard InChI is InChI=1S/C20H19N7O3S/c1-2-17(28)26-11-14(12-26)27-20-18(19(21)22-13-23-20)16(25-27)9-6-10-24-31(29,30)15-7-4-3-5-8-15/h2-5,7-8,13-14,24H,1,10-12H2,(H2,21,22,23). The summed E-state index contributed by atoms with van der Waals surface area (Å²) < 4.78 is 28.7. The van der Waals surface area contributed by atoms with Gasteiger partial charge in [-0.2, -0.15) is 9.82 Å². The van der Waals surface area contributed by atoms with Gasteiger partial charge in [0.05, 0.1) is 22.9 Å². The summed E-state index contributed by atoms with van der Waals surface area (Å²) in [6.45, 7) is 4.32. The summed E-state index contributed by atoms with van der Waals surface area (Å²) in [6, 6.07) is 7.96. The lowest BCUT2D eigenvalue weighted by atomic mass is 10.1. The number of nitrogens with one attached hydrogen (secondary N) is 1. The number of hydrogen-bond acceptors (Lipinski definition) is 7. The molecule has 31 heavy (non-hydrogen) atoms. The largest absolute Gasteiger partial charge is 0.383 e. The molecule has 0 spiro atoms. The zero-order chi connectivity index (χ0) is 22.0. The van der Waals surface area contributed by atoms with E-state index < -0.39 is 10.0 Å². The van der Waals surface area contributed by atoms with Crippen molar-refractivity contribution in [1.82, 2.24) is 29.4 Å². The first-order valence-corrected chi connectivity index (χ1v) is 10.8. The zero-order valence-electron chi connectivity index (χ0n) is 16.4. The number of benzene rings is 1. The van der Waals surface area contributed by atoms with Crippen molar-refractivity contribution >= 4 is 32.8 Å². The number of carbonyl (C=O) groups is 1. The molecular weight excluding hydrogens is 418 g/mol. The Labute approximate surface area is 178 Å². The van der Waals surface area contributed by atoms with E-state index >= 15 is 0 Å². The lowest BCUT2D eigenvalue weighted by molar-refractivity contribution is -0.131. The number of carbonyl (C=O) groups excluding carboxylic acids is 1. The van der Waals surface area contributed by atoms with Crippen LogP contribution in [0, 0.1) is 11.8 Å². The van der Waals surface area contributed by atoms with Crippen LogP contribution in [0.4, 0.5) is 5.82 Å². The first kappa shape index (κ1) is 20.5. The van der Waals surface area contributed by atoms with E-state index in [9.17, 15) is 13.2 Å². The number of nitrogens with two attached hydrogens (primary N) is 1. The van der Waals surface area contributed by atoms with Crippen LogP contribution in [0.1, 0.15) is 11.7 Å². The highest BCUT2D eigenvalue weighted by atomic mass is 32.2. The predicted octanol–water partition coefficient (Wildman–Crippen LogP) is 0.308. The molecular formula is C20H19N7O3S. The second kappa shape index (κ2) is 8.17. The minimum Gasteiger partial charge on any atom is -0.383 e. The number of aromatic nitrogens is 4. The van der Waals surface area contributed by atoms with Crippen molar-refractivity contribution in [3.63, 3.8) is 0 Å². The number of likely N-dealkylation sites (tertiary alicyclic amines) is 1. The minimum absolute atomic E-state index is 0.0761. The van der Waals surface area contributed by atoms with E-state index in [2.05, 4.69) is 38.2 Å². The van der Waals surface area contributed by atoms with Crippen molar-refractivity contribution in [1.29, 1.82) is 0 Å². The number of nitrogen functional groups attached to an aromatic ring is 1. The number of sulfonamides is 1. The average Bonchev–Trinajstić information content (AvgIpc) is 3.10. The van der Waals surface area contributed by atoms with Crippen LogP contribution in [-0.4, -0.2) is 58.6 Å². The summed E-state index contributed by atoms with van der Waals surface area (Å²) >= 11 is 0. The molecule has 158 valence electrons. The van der Waals surface area contributed by atoms with Crippen molar-refractivity contribution in [3.05, 3.63) is 55.0 Å². The van der Waals surface area contributed by atoms with Crippen molar-refractivity contribution < 1.29 is 13.2 Å². The molecule has 0 saturated carbocycles. The van der Waals surface area contributed by atoms with Gasteiger partial charge in [-0.3, -0.25) is 4.79 Å². The number of nitrogens with zero attached hydrogens (tertiary/aromatic N) is 5. The molecule has 0 atom stereocenters. The van der Waals surface area contributed by atoms with Crippen LogP contribution < -0.4 is 10.5 Å². The molecule has 2 aromatic heterocycles. The van der Waals surface area contributed by atoms with E-state index in [1.807, 2.05) is 0 Å². The van der Waals surface area contributed by atoms with Crippen molar-refractivity contribution in [2.75, 3.05) is 25.4 Å². The van der Waals surface area contributed by atoms with E-state index in [0.29, 0.717) is 29.8 Å². The summed E-state index contributed by atoms with van der Waals surface area (Å²) in [5.41, 5.74) is 6.87. The van der Waals surface area contributed by atoms with Gasteiger partial charge in [-0.25, -0.2) is 23.1 Å². The molecule has 1 aliphatic rings. The molecule has 0 radical (unpaired) electrons. The molecule has 3 aromatic rings.